The van der Waals surface area contributed by atoms with Crippen molar-refractivity contribution in [3.05, 3.63) is 94.5 Å². The molecule has 0 saturated carbocycles. The molecule has 5 nitrogen and oxygen atoms in total. The van der Waals surface area contributed by atoms with E-state index >= 15 is 0 Å². The molecule has 3 aromatic carbocycles. The molecule has 1 fully saturated rings. The predicted molar refractivity (Wildman–Crippen MR) is 126 cm³/mol. The van der Waals surface area contributed by atoms with E-state index in [1.54, 1.807) is 4.90 Å². The zero-order valence-electron chi connectivity index (χ0n) is 18.8. The Morgan fingerprint density at radius 2 is 1.55 bits per heavy atom. The molecule has 1 saturated heterocycles. The monoisotopic (exact) mass is 441 g/mol. The number of hydrogen-bond donors (Lipinski definition) is 1. The van der Waals surface area contributed by atoms with Crippen LogP contribution in [-0.2, 0) is 9.53 Å². The minimum Gasteiger partial charge on any atom is -0.481 e. The fourth-order valence-electron chi connectivity index (χ4n) is 5.45. The van der Waals surface area contributed by atoms with Crippen LogP contribution in [0.5, 0.6) is 0 Å². The summed E-state index contributed by atoms with van der Waals surface area (Å²) in [6.07, 6.45) is -0.449. The van der Waals surface area contributed by atoms with Crippen LogP contribution in [-0.4, -0.2) is 41.8 Å². The molecule has 0 aromatic heterocycles. The Kier molecular flexibility index (Phi) is 5.41. The van der Waals surface area contributed by atoms with Crippen LogP contribution in [0.2, 0.25) is 0 Å². The highest BCUT2D eigenvalue weighted by Crippen LogP contribution is 2.44. The second kappa shape index (κ2) is 8.39. The number of aliphatic carboxylic acids is 1. The molecule has 1 amide bonds. The molecule has 2 atom stereocenters. The van der Waals surface area contributed by atoms with Crippen LogP contribution >= 0.6 is 0 Å². The van der Waals surface area contributed by atoms with E-state index in [0.717, 1.165) is 27.8 Å². The van der Waals surface area contributed by atoms with Gasteiger partial charge in [0.25, 0.3) is 0 Å². The minimum absolute atomic E-state index is 0.0191. The summed E-state index contributed by atoms with van der Waals surface area (Å²) in [5.41, 5.74) is 7.85. The Bertz CT molecular complexity index is 1190. The summed E-state index contributed by atoms with van der Waals surface area (Å²) in [6.45, 7) is 4.75. The topological polar surface area (TPSA) is 66.8 Å². The normalized spacial score (nSPS) is 19.3. The SMILES string of the molecule is Cc1ccc([C@@H]2CN(C(=O)OCC3c4ccccc4-c4ccccc43)C[C@H]2C(=O)O)c(C)c1. The first-order valence-electron chi connectivity index (χ1n) is 11.3. The Balaban J connectivity index is 1.33. The number of carboxylic acids is 1. The third-order valence-corrected chi connectivity index (χ3v) is 7.06. The maximum absolute atomic E-state index is 13.0. The fourth-order valence-corrected chi connectivity index (χ4v) is 5.45. The number of aryl methyl sites for hydroxylation is 2. The van der Waals surface area contributed by atoms with Crippen molar-refractivity contribution in [2.24, 2.45) is 5.92 Å². The highest BCUT2D eigenvalue weighted by Gasteiger charge is 2.42. The van der Waals surface area contributed by atoms with E-state index in [0.29, 0.717) is 6.54 Å². The number of carbonyl (C=O) groups excluding carboxylic acids is 1. The summed E-state index contributed by atoms with van der Waals surface area (Å²) in [7, 11) is 0. The van der Waals surface area contributed by atoms with Gasteiger partial charge in [-0.1, -0.05) is 72.3 Å². The van der Waals surface area contributed by atoms with Gasteiger partial charge >= 0.3 is 12.1 Å². The molecule has 0 unspecified atom stereocenters. The van der Waals surface area contributed by atoms with Gasteiger partial charge in [-0.3, -0.25) is 4.79 Å². The van der Waals surface area contributed by atoms with Crippen LogP contribution < -0.4 is 0 Å². The van der Waals surface area contributed by atoms with Gasteiger partial charge in [0, 0.05) is 24.9 Å². The van der Waals surface area contributed by atoms with Crippen molar-refractivity contribution in [2.75, 3.05) is 19.7 Å². The maximum atomic E-state index is 13.0. The lowest BCUT2D eigenvalue weighted by Crippen LogP contribution is -2.31. The van der Waals surface area contributed by atoms with Crippen molar-refractivity contribution in [1.29, 1.82) is 0 Å². The molecule has 0 radical (unpaired) electrons. The smallest absolute Gasteiger partial charge is 0.409 e. The fraction of sp³-hybridized carbons (Fsp3) is 0.286. The van der Waals surface area contributed by atoms with E-state index in [4.69, 9.17) is 4.74 Å². The average molecular weight is 442 g/mol. The van der Waals surface area contributed by atoms with Crippen molar-refractivity contribution in [3.8, 4) is 11.1 Å². The number of hydrogen-bond acceptors (Lipinski definition) is 3. The molecule has 5 rings (SSSR count). The summed E-state index contributed by atoms with van der Waals surface area (Å²) in [6, 6.07) is 22.5. The molecular weight excluding hydrogens is 414 g/mol. The molecule has 0 spiro atoms. The summed E-state index contributed by atoms with van der Waals surface area (Å²) in [5.74, 6) is -1.79. The molecule has 1 aliphatic carbocycles. The van der Waals surface area contributed by atoms with Crippen molar-refractivity contribution in [2.45, 2.75) is 25.7 Å². The van der Waals surface area contributed by atoms with Gasteiger partial charge in [-0.25, -0.2) is 4.79 Å². The first-order chi connectivity index (χ1) is 15.9. The first kappa shape index (κ1) is 21.3. The molecule has 1 aliphatic heterocycles. The summed E-state index contributed by atoms with van der Waals surface area (Å²) < 4.78 is 5.78. The van der Waals surface area contributed by atoms with Crippen molar-refractivity contribution >= 4 is 12.1 Å². The molecule has 1 heterocycles. The van der Waals surface area contributed by atoms with Crippen LogP contribution in [0, 0.1) is 19.8 Å². The van der Waals surface area contributed by atoms with Gasteiger partial charge in [-0.05, 0) is 47.2 Å². The lowest BCUT2D eigenvalue weighted by molar-refractivity contribution is -0.141. The summed E-state index contributed by atoms with van der Waals surface area (Å²) >= 11 is 0. The van der Waals surface area contributed by atoms with E-state index in [9.17, 15) is 14.7 Å². The van der Waals surface area contributed by atoms with E-state index in [1.807, 2.05) is 50.2 Å². The number of fused-ring (bicyclic) bond motifs is 3. The van der Waals surface area contributed by atoms with Gasteiger partial charge < -0.3 is 14.7 Å². The van der Waals surface area contributed by atoms with E-state index in [1.165, 1.54) is 11.1 Å². The molecule has 1 N–H and O–H groups in total. The van der Waals surface area contributed by atoms with Gasteiger partial charge in [0.1, 0.15) is 6.61 Å². The zero-order chi connectivity index (χ0) is 23.1. The number of amides is 1. The first-order valence-corrected chi connectivity index (χ1v) is 11.3. The largest absolute Gasteiger partial charge is 0.481 e. The summed E-state index contributed by atoms with van der Waals surface area (Å²) in [4.78, 5) is 26.6. The van der Waals surface area contributed by atoms with E-state index in [2.05, 4.69) is 30.3 Å². The molecule has 168 valence electrons. The second-order valence-corrected chi connectivity index (χ2v) is 9.12. The van der Waals surface area contributed by atoms with Crippen molar-refractivity contribution < 1.29 is 19.4 Å². The third kappa shape index (κ3) is 3.78. The van der Waals surface area contributed by atoms with Crippen LogP contribution in [0.15, 0.2) is 66.7 Å². The molecule has 2 aliphatic rings. The van der Waals surface area contributed by atoms with E-state index < -0.39 is 18.0 Å². The Morgan fingerprint density at radius 3 is 2.15 bits per heavy atom. The highest BCUT2D eigenvalue weighted by molar-refractivity contribution is 5.79. The molecule has 5 heteroatoms. The Labute approximate surface area is 193 Å². The maximum Gasteiger partial charge on any atom is 0.409 e. The standard InChI is InChI=1S/C28H27NO4/c1-17-11-12-19(18(2)13-17)24-14-29(15-25(24)27(30)31)28(32)33-16-26-22-9-5-3-7-20(22)21-8-4-6-10-23(21)26/h3-13,24-26H,14-16H2,1-2H3,(H,30,31)/t24-,25+/m0/s1. The third-order valence-electron chi connectivity index (χ3n) is 7.06. The number of carbonyl (C=O) groups is 2. The minimum atomic E-state index is -0.881. The van der Waals surface area contributed by atoms with Crippen LogP contribution in [0.25, 0.3) is 11.1 Å². The predicted octanol–water partition coefficient (Wildman–Crippen LogP) is 5.35. The Morgan fingerprint density at radius 1 is 0.909 bits per heavy atom. The summed E-state index contributed by atoms with van der Waals surface area (Å²) in [5, 5.41) is 9.83. The molecule has 0 bridgehead atoms. The molecular formula is C28H27NO4. The number of rotatable bonds is 4. The van der Waals surface area contributed by atoms with E-state index in [-0.39, 0.29) is 25.0 Å². The number of nitrogens with zero attached hydrogens (tertiary/aromatic N) is 1. The van der Waals surface area contributed by atoms with Gasteiger partial charge in [0.05, 0.1) is 5.92 Å². The zero-order valence-corrected chi connectivity index (χ0v) is 18.8. The highest BCUT2D eigenvalue weighted by atomic mass is 16.6. The van der Waals surface area contributed by atoms with Crippen LogP contribution in [0.3, 0.4) is 0 Å². The number of carboxylic acid groups (broad SMARTS) is 1. The quantitative estimate of drug-likeness (QED) is 0.592. The second-order valence-electron chi connectivity index (χ2n) is 9.12. The van der Waals surface area contributed by atoms with Crippen molar-refractivity contribution in [3.63, 3.8) is 0 Å². The number of likely N-dealkylation sites (tertiary alicyclic amines) is 1. The lowest BCUT2D eigenvalue weighted by Gasteiger charge is -2.20. The van der Waals surface area contributed by atoms with Gasteiger partial charge in [0.15, 0.2) is 0 Å². The van der Waals surface area contributed by atoms with Gasteiger partial charge in [-0.2, -0.15) is 0 Å². The number of benzene rings is 3. The molecule has 33 heavy (non-hydrogen) atoms. The Hall–Kier alpha value is -3.60. The van der Waals surface area contributed by atoms with Gasteiger partial charge in [0.2, 0.25) is 0 Å². The average Bonchev–Trinajstić information content (AvgIpc) is 3.38. The number of ether oxygens (including phenoxy) is 1. The van der Waals surface area contributed by atoms with Crippen LogP contribution in [0.4, 0.5) is 4.79 Å². The molecule has 3 aromatic rings. The lowest BCUT2D eigenvalue weighted by atomic mass is 9.86. The van der Waals surface area contributed by atoms with Crippen LogP contribution in [0.1, 0.15) is 39.7 Å². The van der Waals surface area contributed by atoms with Crippen molar-refractivity contribution in [1.82, 2.24) is 4.90 Å². The van der Waals surface area contributed by atoms with Gasteiger partial charge in [-0.15, -0.1) is 0 Å².